The van der Waals surface area contributed by atoms with Crippen LogP contribution in [-0.4, -0.2) is 74.0 Å². The van der Waals surface area contributed by atoms with Crippen LogP contribution < -0.4 is 15.6 Å². The summed E-state index contributed by atoms with van der Waals surface area (Å²) in [6.45, 7) is 12.0. The van der Waals surface area contributed by atoms with Crippen LogP contribution in [0.1, 0.15) is 42.4 Å². The van der Waals surface area contributed by atoms with Gasteiger partial charge in [0.1, 0.15) is 18.0 Å². The number of hydrogen-bond acceptors (Lipinski definition) is 10. The number of rotatable bonds is 7. The first kappa shape index (κ1) is 26.7. The van der Waals surface area contributed by atoms with Gasteiger partial charge >= 0.3 is 0 Å². The van der Waals surface area contributed by atoms with Crippen LogP contribution in [0.5, 0.6) is 0 Å². The lowest BCUT2D eigenvalue weighted by molar-refractivity contribution is 0.102. The van der Waals surface area contributed by atoms with E-state index in [4.69, 9.17) is 0 Å². The Morgan fingerprint density at radius 3 is 2.59 bits per heavy atom. The minimum atomic E-state index is -0.231. The molecule has 39 heavy (non-hydrogen) atoms. The summed E-state index contributed by atoms with van der Waals surface area (Å²) in [5, 5.41) is 7.66. The molecule has 1 fully saturated rings. The topological polar surface area (TPSA) is 118 Å². The molecule has 4 aromatic rings. The second-order valence-electron chi connectivity index (χ2n) is 10.7. The van der Waals surface area contributed by atoms with Gasteiger partial charge in [-0.05, 0) is 31.7 Å². The third-order valence-electron chi connectivity index (χ3n) is 6.56. The largest absolute Gasteiger partial charge is 0.330 e. The monoisotopic (exact) mass is 546 g/mol. The highest BCUT2D eigenvalue weighted by atomic mass is 32.1. The highest BCUT2D eigenvalue weighted by molar-refractivity contribution is 7.14. The van der Waals surface area contributed by atoms with Crippen LogP contribution in [0.4, 0.5) is 28.4 Å². The minimum absolute atomic E-state index is 0.0877. The number of amides is 1. The van der Waals surface area contributed by atoms with Crippen molar-refractivity contribution >= 4 is 45.6 Å². The van der Waals surface area contributed by atoms with Gasteiger partial charge in [-0.3, -0.25) is 15.0 Å². The number of anilines is 5. The van der Waals surface area contributed by atoms with E-state index in [0.717, 1.165) is 43.1 Å². The lowest BCUT2D eigenvalue weighted by Crippen LogP contribution is -2.47. The Hall–Kier alpha value is -3.87. The van der Waals surface area contributed by atoms with Crippen molar-refractivity contribution in [2.45, 2.75) is 33.1 Å². The lowest BCUT2D eigenvalue weighted by Gasteiger charge is -2.32. The van der Waals surface area contributed by atoms with E-state index in [9.17, 15) is 4.79 Å². The Kier molecular flexibility index (Phi) is 7.60. The van der Waals surface area contributed by atoms with Gasteiger partial charge in [0.2, 0.25) is 5.95 Å². The van der Waals surface area contributed by atoms with Crippen molar-refractivity contribution in [2.75, 3.05) is 48.9 Å². The van der Waals surface area contributed by atoms with Gasteiger partial charge in [0.25, 0.3) is 5.91 Å². The number of thiazole rings is 1. The summed E-state index contributed by atoms with van der Waals surface area (Å²) in [5.74, 6) is 1.65. The van der Waals surface area contributed by atoms with Crippen molar-refractivity contribution in [3.8, 4) is 0 Å². The Balaban J connectivity index is 1.43. The highest BCUT2D eigenvalue weighted by Gasteiger charge is 2.22. The summed E-state index contributed by atoms with van der Waals surface area (Å²) in [5.41, 5.74) is 6.50. The van der Waals surface area contributed by atoms with Crippen LogP contribution in [0.25, 0.3) is 0 Å². The molecule has 1 aromatic carbocycles. The number of benzene rings is 1. The molecule has 0 saturated carbocycles. The fourth-order valence-electron chi connectivity index (χ4n) is 4.17. The molecule has 12 heteroatoms. The van der Waals surface area contributed by atoms with Crippen molar-refractivity contribution in [1.82, 2.24) is 34.8 Å². The maximum absolute atomic E-state index is 13.2. The highest BCUT2D eigenvalue weighted by Crippen LogP contribution is 2.35. The molecule has 5 rings (SSSR count). The van der Waals surface area contributed by atoms with Gasteiger partial charge in [-0.15, -0.1) is 11.3 Å². The van der Waals surface area contributed by atoms with Crippen LogP contribution in [0.15, 0.2) is 48.4 Å². The van der Waals surface area contributed by atoms with Crippen LogP contribution in [0.3, 0.4) is 0 Å². The van der Waals surface area contributed by atoms with E-state index < -0.39 is 0 Å². The van der Waals surface area contributed by atoms with Gasteiger partial charge < -0.3 is 15.3 Å². The summed E-state index contributed by atoms with van der Waals surface area (Å²) in [4.78, 5) is 38.7. The second kappa shape index (κ2) is 11.1. The van der Waals surface area contributed by atoms with Crippen molar-refractivity contribution in [2.24, 2.45) is 0 Å². The summed E-state index contributed by atoms with van der Waals surface area (Å²) in [7, 11) is 2.12. The number of nitrogens with zero attached hydrogens (tertiary/aromatic N) is 7. The molecule has 1 amide bonds. The number of aromatic nitrogens is 5. The average molecular weight is 547 g/mol. The molecule has 4 heterocycles. The first-order valence-electron chi connectivity index (χ1n) is 12.9. The zero-order valence-electron chi connectivity index (χ0n) is 22.9. The molecule has 0 bridgehead atoms. The van der Waals surface area contributed by atoms with Crippen molar-refractivity contribution < 1.29 is 4.79 Å². The Bertz CT molecular complexity index is 1420. The fraction of sp³-hybridized carbons (Fsp3) is 0.370. The van der Waals surface area contributed by atoms with Gasteiger partial charge in [0, 0.05) is 61.0 Å². The molecule has 1 aliphatic heterocycles. The number of likely N-dealkylation sites (N-methyl/N-ethyl adjacent to an activating group) is 1. The molecule has 204 valence electrons. The molecule has 0 unspecified atom stereocenters. The number of hydrogen-bond donors (Lipinski definition) is 3. The van der Waals surface area contributed by atoms with Crippen LogP contribution >= 0.6 is 11.3 Å². The molecule has 11 nitrogen and oxygen atoms in total. The molecule has 1 aliphatic rings. The zero-order valence-corrected chi connectivity index (χ0v) is 23.7. The minimum Gasteiger partial charge on any atom is -0.330 e. The molecular formula is C27H34N10OS. The summed E-state index contributed by atoms with van der Waals surface area (Å²) < 4.78 is 0. The van der Waals surface area contributed by atoms with E-state index in [-0.39, 0.29) is 11.3 Å². The van der Waals surface area contributed by atoms with Crippen LogP contribution in [0, 0.1) is 6.92 Å². The number of H-pyrrole nitrogens is 1. The molecule has 1 saturated heterocycles. The molecule has 0 spiro atoms. The fourth-order valence-corrected chi connectivity index (χ4v) is 5.10. The quantitative estimate of drug-likeness (QED) is 0.307. The van der Waals surface area contributed by atoms with Gasteiger partial charge in [-0.25, -0.2) is 24.9 Å². The third-order valence-corrected chi connectivity index (χ3v) is 7.32. The summed E-state index contributed by atoms with van der Waals surface area (Å²) in [6.07, 6.45) is 4.98. The number of hydrazine groups is 1. The van der Waals surface area contributed by atoms with Gasteiger partial charge in [0.15, 0.2) is 5.13 Å². The molecule has 3 N–H and O–H groups in total. The van der Waals surface area contributed by atoms with E-state index in [1.807, 2.05) is 41.5 Å². The van der Waals surface area contributed by atoms with Gasteiger partial charge in [0.05, 0.1) is 11.4 Å². The number of carbonyl (C=O) groups is 1. The molecule has 0 radical (unpaired) electrons. The third kappa shape index (κ3) is 6.24. The van der Waals surface area contributed by atoms with E-state index >= 15 is 0 Å². The van der Waals surface area contributed by atoms with E-state index in [1.54, 1.807) is 12.4 Å². The van der Waals surface area contributed by atoms with Crippen molar-refractivity contribution in [3.63, 3.8) is 0 Å². The average Bonchev–Trinajstić information content (AvgIpc) is 3.60. The van der Waals surface area contributed by atoms with Gasteiger partial charge in [-0.2, -0.15) is 0 Å². The van der Waals surface area contributed by atoms with Crippen LogP contribution in [0.2, 0.25) is 0 Å². The van der Waals surface area contributed by atoms with Crippen LogP contribution in [-0.2, 0) is 5.41 Å². The molecule has 3 aromatic heterocycles. The number of imidazole rings is 1. The molecule has 0 atom stereocenters. The number of aryl methyl sites for hydroxylation is 1. The van der Waals surface area contributed by atoms with Crippen molar-refractivity contribution in [1.29, 1.82) is 0 Å². The maximum Gasteiger partial charge on any atom is 0.257 e. The lowest BCUT2D eigenvalue weighted by atomic mass is 9.93. The van der Waals surface area contributed by atoms with E-state index in [2.05, 4.69) is 73.4 Å². The van der Waals surface area contributed by atoms with Crippen molar-refractivity contribution in [3.05, 3.63) is 65.2 Å². The van der Waals surface area contributed by atoms with Gasteiger partial charge in [-0.1, -0.05) is 26.8 Å². The van der Waals surface area contributed by atoms with E-state index in [0.29, 0.717) is 28.3 Å². The number of piperazine rings is 1. The number of nitrogens with one attached hydrogen (secondary N) is 3. The predicted octanol–water partition coefficient (Wildman–Crippen LogP) is 4.56. The molecular weight excluding hydrogens is 512 g/mol. The second-order valence-corrected chi connectivity index (χ2v) is 11.5. The maximum atomic E-state index is 13.2. The Morgan fingerprint density at radius 2 is 1.90 bits per heavy atom. The zero-order chi connectivity index (χ0) is 27.6. The standard InChI is InChI=1S/C27H34N10OS/c1-18-6-7-19(24(38)33-26-32-21(16-39-26)27(2,3)4)14-20(18)37(25-28-8-9-29-25)23-15-22(30-17-31-23)34-36-12-10-35(5)11-13-36/h6-9,14-17H,10-13H2,1-5H3,(H,28,29)(H,30,31,34)(H,32,33,38). The summed E-state index contributed by atoms with van der Waals surface area (Å²) >= 11 is 1.42. The molecule has 0 aliphatic carbocycles. The SMILES string of the molecule is Cc1ccc(C(=O)Nc2nc(C(C)(C)C)cs2)cc1N(c1cc(NN2CCN(C)CC2)ncn1)c1ncc[nH]1. The Morgan fingerprint density at radius 1 is 1.10 bits per heavy atom. The Labute approximate surface area is 232 Å². The first-order valence-corrected chi connectivity index (χ1v) is 13.7. The first-order chi connectivity index (χ1) is 18.7. The number of aromatic amines is 1. The normalized spacial score (nSPS) is 14.8. The smallest absolute Gasteiger partial charge is 0.257 e. The van der Waals surface area contributed by atoms with E-state index in [1.165, 1.54) is 17.7 Å². The number of carbonyl (C=O) groups excluding carboxylic acids is 1. The predicted molar refractivity (Wildman–Crippen MR) is 155 cm³/mol. The summed E-state index contributed by atoms with van der Waals surface area (Å²) in [6, 6.07) is 7.47.